The number of amides is 1. The molecule has 4 aromatic rings. The van der Waals surface area contributed by atoms with Crippen LogP contribution in [0, 0.1) is 36.4 Å². The van der Waals surface area contributed by atoms with Crippen LogP contribution in [-0.4, -0.2) is 139 Å². The molecule has 408 valence electrons. The molecule has 2 fully saturated rings. The number of carbonyl (C=O) groups excluding carboxylic acids is 2. The van der Waals surface area contributed by atoms with Gasteiger partial charge in [0.2, 0.25) is 5.43 Å². The van der Waals surface area contributed by atoms with Crippen LogP contribution in [-0.2, 0) is 14.3 Å². The summed E-state index contributed by atoms with van der Waals surface area (Å²) >= 11 is 0. The van der Waals surface area contributed by atoms with E-state index in [-0.39, 0.29) is 81.4 Å². The Labute approximate surface area is 437 Å². The summed E-state index contributed by atoms with van der Waals surface area (Å²) in [5, 5.41) is 88.5. The molecule has 9 rings (SSSR count). The molecule has 0 spiro atoms. The number of phenolic OH excluding ortho intramolecular Hbond substituents is 3. The fraction of sp³-hybridized carbons (Fsp3) is 0.473. The standard InChI is InChI=1S/C55H66FN5O15/c1-24-12-11-13-25(2)53(70)58-40-33(21-57-61-18-17-59(22-26(61)3)42-35(56)20-32-41(51(42)74-10)60(31-14-15-31)23-34(47(32)66)54(71)72)48(67)37-38(49(40)68)46(65)30(7)50-39(37)52(69)55(8,76-50)75-19-16-36(73-9)27(4)44(63)29(6)45(64)28(5)43(24)62/h11-13,16,19-21,23-24,26-29,31,36,43-45,62-65,67-68H,14-15,17-18,22H2,1-10H3,(H,58,70)(H,71,72)/b12-11+,19-16+,25-13-,57-21+/t24-,26?,27+,28+,29-,36-,43-,44+,45+,55-/m0/s1. The number of ether oxygens (including phenoxy) is 4. The molecule has 5 bridgehead atoms. The summed E-state index contributed by atoms with van der Waals surface area (Å²) in [6.45, 7) is 13.2. The molecule has 1 aromatic heterocycles. The third-order valence-electron chi connectivity index (χ3n) is 15.6. The lowest BCUT2D eigenvalue weighted by Crippen LogP contribution is -2.50. The van der Waals surface area contributed by atoms with Crippen molar-refractivity contribution in [2.45, 2.75) is 111 Å². The number of Topliss-reactive ketones (excluding diaryl/α,β-unsaturated/α-hetero) is 1. The lowest BCUT2D eigenvalue weighted by molar-refractivity contribution is -0.112. The molecule has 5 aliphatic rings. The zero-order valence-corrected chi connectivity index (χ0v) is 44.0. The van der Waals surface area contributed by atoms with E-state index in [4.69, 9.17) is 24.0 Å². The molecule has 21 heteroatoms. The second kappa shape index (κ2) is 21.1. The van der Waals surface area contributed by atoms with Gasteiger partial charge in [-0.2, -0.15) is 5.10 Å². The minimum Gasteiger partial charge on any atom is -0.507 e. The van der Waals surface area contributed by atoms with Gasteiger partial charge >= 0.3 is 11.8 Å². The first kappa shape index (κ1) is 55.0. The lowest BCUT2D eigenvalue weighted by atomic mass is 9.78. The fourth-order valence-electron chi connectivity index (χ4n) is 10.7. The summed E-state index contributed by atoms with van der Waals surface area (Å²) in [6, 6.07) is 0.409. The Morgan fingerprint density at radius 2 is 1.59 bits per heavy atom. The number of phenols is 3. The molecule has 8 N–H and O–H groups in total. The van der Waals surface area contributed by atoms with Crippen molar-refractivity contribution < 1.29 is 73.5 Å². The van der Waals surface area contributed by atoms with Crippen LogP contribution in [0.15, 0.2) is 58.3 Å². The van der Waals surface area contributed by atoms with Crippen molar-refractivity contribution in [3.8, 4) is 28.7 Å². The molecule has 5 heterocycles. The van der Waals surface area contributed by atoms with Crippen LogP contribution >= 0.6 is 0 Å². The number of aromatic carboxylic acids is 1. The number of nitrogens with one attached hydrogen (secondary N) is 1. The number of aliphatic hydroxyl groups excluding tert-OH is 3. The molecule has 20 nitrogen and oxygen atoms in total. The fourth-order valence-corrected chi connectivity index (χ4v) is 10.7. The van der Waals surface area contributed by atoms with Crippen molar-refractivity contribution in [2.24, 2.45) is 28.8 Å². The van der Waals surface area contributed by atoms with E-state index < -0.39 is 123 Å². The number of piperazine rings is 1. The van der Waals surface area contributed by atoms with Crippen molar-refractivity contribution in [3.63, 3.8) is 0 Å². The number of allylic oxidation sites excluding steroid dienone is 2. The largest absolute Gasteiger partial charge is 0.507 e. The number of aromatic hydroxyl groups is 3. The number of carboxylic acid groups (broad SMARTS) is 1. The number of halogens is 1. The highest BCUT2D eigenvalue weighted by Crippen LogP contribution is 2.55. The predicted molar refractivity (Wildman–Crippen MR) is 280 cm³/mol. The van der Waals surface area contributed by atoms with Crippen LogP contribution in [0.1, 0.15) is 99.2 Å². The Hall–Kier alpha value is -7.20. The number of aromatic nitrogens is 1. The van der Waals surface area contributed by atoms with Gasteiger partial charge in [0.05, 0.1) is 89.7 Å². The molecule has 1 aliphatic carbocycles. The second-order valence-corrected chi connectivity index (χ2v) is 20.7. The Morgan fingerprint density at radius 3 is 2.22 bits per heavy atom. The summed E-state index contributed by atoms with van der Waals surface area (Å²) in [7, 11) is 2.75. The van der Waals surface area contributed by atoms with Crippen LogP contribution in [0.2, 0.25) is 0 Å². The molecule has 1 amide bonds. The smallest absolute Gasteiger partial charge is 0.341 e. The summed E-state index contributed by atoms with van der Waals surface area (Å²) in [5.74, 6) is -10.8. The van der Waals surface area contributed by atoms with Gasteiger partial charge in [0.25, 0.3) is 11.7 Å². The number of aliphatic hydroxyl groups is 3. The van der Waals surface area contributed by atoms with Crippen LogP contribution in [0.5, 0.6) is 28.7 Å². The highest BCUT2D eigenvalue weighted by atomic mass is 19.1. The van der Waals surface area contributed by atoms with E-state index in [1.165, 1.54) is 59.6 Å². The molecule has 76 heavy (non-hydrogen) atoms. The molecule has 1 saturated carbocycles. The highest BCUT2D eigenvalue weighted by molar-refractivity contribution is 6.24. The van der Waals surface area contributed by atoms with Gasteiger partial charge in [-0.05, 0) is 45.8 Å². The third kappa shape index (κ3) is 9.57. The molecule has 0 radical (unpaired) electrons. The number of ketones is 1. The lowest BCUT2D eigenvalue weighted by Gasteiger charge is -2.40. The molecule has 10 atom stereocenters. The number of hydrogen-bond acceptors (Lipinski definition) is 17. The maximum Gasteiger partial charge on any atom is 0.341 e. The van der Waals surface area contributed by atoms with Gasteiger partial charge in [-0.25, -0.2) is 9.18 Å². The molecular weight excluding hydrogens is 990 g/mol. The zero-order chi connectivity index (χ0) is 55.6. The number of carbonyl (C=O) groups is 3. The number of methoxy groups -OCH3 is 2. The van der Waals surface area contributed by atoms with Crippen molar-refractivity contribution in [1.29, 1.82) is 0 Å². The van der Waals surface area contributed by atoms with Gasteiger partial charge in [-0.15, -0.1) is 0 Å². The quantitative estimate of drug-likeness (QED) is 0.0579. The molecule has 4 aliphatic heterocycles. The normalized spacial score (nSPS) is 29.3. The second-order valence-electron chi connectivity index (χ2n) is 20.7. The van der Waals surface area contributed by atoms with Gasteiger partial charge in [0.1, 0.15) is 28.5 Å². The number of nitrogens with zero attached hydrogens (tertiary/aromatic N) is 4. The average molecular weight is 1060 g/mol. The van der Waals surface area contributed by atoms with Crippen LogP contribution in [0.4, 0.5) is 15.8 Å². The third-order valence-corrected chi connectivity index (χ3v) is 15.6. The Bertz CT molecular complexity index is 3200. The molecule has 1 unspecified atom stereocenters. The SMILES string of the molecule is COc1c(N2CCN(/N=C/c3c4c(O)c5c(O)c(C)c6c(c5c3O)C(=O)[C@@](C)(O/C=C/[C@H](OC)[C@@H](C)[C@@H](O)[C@H](C)[C@H](O)[C@H](C)[C@@H](O)[C@@H](C)/C=C/C=C(/C)C(=O)N4)O6)C(C)C2)c(F)cc2c(=O)c(C(=O)O)cn(C3CC3)c12. The Kier molecular flexibility index (Phi) is 15.3. The minimum atomic E-state index is -2.12. The summed E-state index contributed by atoms with van der Waals surface area (Å²) in [5.41, 5.74) is -1.86. The monoisotopic (exact) mass is 1060 g/mol. The van der Waals surface area contributed by atoms with Crippen LogP contribution in [0.3, 0.4) is 0 Å². The predicted octanol–water partition coefficient (Wildman–Crippen LogP) is 6.22. The number of anilines is 2. The summed E-state index contributed by atoms with van der Waals surface area (Å²) in [4.78, 5) is 55.8. The summed E-state index contributed by atoms with van der Waals surface area (Å²) in [6.07, 6.45) is 6.92. The van der Waals surface area contributed by atoms with Gasteiger partial charge < -0.3 is 69.5 Å². The van der Waals surface area contributed by atoms with Crippen molar-refractivity contribution in [2.75, 3.05) is 44.1 Å². The van der Waals surface area contributed by atoms with Crippen LogP contribution in [0.25, 0.3) is 21.7 Å². The van der Waals surface area contributed by atoms with E-state index in [1.807, 2.05) is 0 Å². The van der Waals surface area contributed by atoms with E-state index in [9.17, 15) is 54.9 Å². The molecule has 3 aromatic carbocycles. The van der Waals surface area contributed by atoms with Gasteiger partial charge in [-0.3, -0.25) is 19.4 Å². The number of benzene rings is 3. The number of carboxylic acids is 1. The van der Waals surface area contributed by atoms with E-state index in [1.54, 1.807) is 61.2 Å². The van der Waals surface area contributed by atoms with Crippen molar-refractivity contribution in [1.82, 2.24) is 9.58 Å². The zero-order valence-electron chi connectivity index (χ0n) is 44.0. The first-order valence-corrected chi connectivity index (χ1v) is 25.2. The maximum atomic E-state index is 16.4. The summed E-state index contributed by atoms with van der Waals surface area (Å²) < 4.78 is 41.6. The van der Waals surface area contributed by atoms with E-state index >= 15 is 4.39 Å². The number of hydrazone groups is 1. The Balaban J connectivity index is 1.21. The van der Waals surface area contributed by atoms with E-state index in [2.05, 4.69) is 5.32 Å². The first-order chi connectivity index (χ1) is 35.9. The van der Waals surface area contributed by atoms with E-state index in [0.29, 0.717) is 0 Å². The number of rotatable bonds is 7. The number of fused-ring (bicyclic) bond motifs is 15. The van der Waals surface area contributed by atoms with Crippen molar-refractivity contribution >= 4 is 56.9 Å². The molecular formula is C55H66FN5O15. The van der Waals surface area contributed by atoms with Gasteiger partial charge in [0, 0.05) is 79.6 Å². The first-order valence-electron chi connectivity index (χ1n) is 25.2. The van der Waals surface area contributed by atoms with Gasteiger partial charge in [-0.1, -0.05) is 45.9 Å². The highest BCUT2D eigenvalue weighted by Gasteiger charge is 2.50. The number of hydrogen-bond donors (Lipinski definition) is 8. The topological polar surface area (TPSA) is 283 Å². The molecule has 1 saturated heterocycles. The minimum absolute atomic E-state index is 0.0103. The van der Waals surface area contributed by atoms with Crippen LogP contribution < -0.4 is 25.1 Å². The average Bonchev–Trinajstić information content (AvgIpc) is 4.28. The van der Waals surface area contributed by atoms with Gasteiger partial charge in [0.15, 0.2) is 17.3 Å². The van der Waals surface area contributed by atoms with Crippen molar-refractivity contribution in [3.05, 3.63) is 86.7 Å². The number of pyridine rings is 1. The maximum absolute atomic E-state index is 16.4. The Morgan fingerprint density at radius 1 is 0.921 bits per heavy atom. The van der Waals surface area contributed by atoms with E-state index in [0.717, 1.165) is 25.2 Å².